The molecular weight excluding hydrogens is 1030 g/mol. The Morgan fingerprint density at radius 1 is 0.550 bits per heavy atom. The molecule has 80 heavy (non-hydrogen) atoms. The monoisotopic (exact) mass is 1120 g/mol. The van der Waals surface area contributed by atoms with Gasteiger partial charge in [-0.05, 0) is 60.8 Å². The van der Waals surface area contributed by atoms with Gasteiger partial charge in [-0.15, -0.1) is 0 Å². The molecular formula is C62H88N2O16. The van der Waals surface area contributed by atoms with Gasteiger partial charge < -0.3 is 79.9 Å². The van der Waals surface area contributed by atoms with Crippen LogP contribution in [0.15, 0.2) is 133 Å². The first kappa shape index (κ1) is 65.8. The van der Waals surface area contributed by atoms with Crippen LogP contribution < -0.4 is 10.6 Å². The molecule has 2 saturated heterocycles. The maximum absolute atomic E-state index is 12.4. The molecule has 18 heteroatoms. The lowest BCUT2D eigenvalue weighted by molar-refractivity contribution is -0.271. The van der Waals surface area contributed by atoms with Gasteiger partial charge in [0.1, 0.15) is 54.9 Å². The Balaban J connectivity index is 0.000000380. The van der Waals surface area contributed by atoms with E-state index in [9.17, 15) is 50.4 Å². The second-order valence-electron chi connectivity index (χ2n) is 20.4. The molecule has 2 aliphatic heterocycles. The van der Waals surface area contributed by atoms with Gasteiger partial charge in [0.2, 0.25) is 11.8 Å². The molecule has 6 rings (SSSR count). The standard InChI is InChI=1S/C45H55NO8.C17H33NO8/c1-3-38(47)42(49)37(46-41(48)4-2)26-17-27-39-43(51-29-34-20-11-6-12-21-34)45(53-31-36-24-15-8-16-25-36)44(52-30-35-22-13-7-14-23-35)40(54-39)32-50-28-33-18-9-5-10-19-33;1-3-10(20)14(22)9(18-13(21)4-2)6-5-7-11-15(23)17(25)16(24)12(8-19)26-11/h5-26,37-40,42-45,47,49H,3-4,27-32H2,1-2H3,(H,46,48);9-12,14-17,19-20,22-25H,3-8H2,1-2H3,(H,18,21)/b26-17+;/t37-,38+,39+,40?,42-,43?,44-,45-;9-,10+,11+,12?,14-,15?,16-,17+/m00/s1. The molecule has 4 aromatic carbocycles. The zero-order valence-electron chi connectivity index (χ0n) is 46.7. The molecule has 442 valence electrons. The Morgan fingerprint density at radius 2 is 0.988 bits per heavy atom. The van der Waals surface area contributed by atoms with Crippen LogP contribution in [-0.4, -0.2) is 163 Å². The van der Waals surface area contributed by atoms with Crippen LogP contribution in [-0.2, 0) is 64.4 Å². The van der Waals surface area contributed by atoms with Crippen molar-refractivity contribution in [2.45, 2.75) is 203 Å². The highest BCUT2D eigenvalue weighted by Gasteiger charge is 2.48. The first-order valence-electron chi connectivity index (χ1n) is 28.2. The fourth-order valence-corrected chi connectivity index (χ4v) is 9.55. The molecule has 0 saturated carbocycles. The molecule has 0 aromatic heterocycles. The highest BCUT2D eigenvalue weighted by Crippen LogP contribution is 2.33. The minimum absolute atomic E-state index is 0.228. The molecule has 2 aliphatic rings. The molecule has 2 amide bonds. The number of hydrogen-bond donors (Lipinski definition) is 10. The van der Waals surface area contributed by atoms with Gasteiger partial charge in [-0.1, -0.05) is 161 Å². The van der Waals surface area contributed by atoms with Crippen molar-refractivity contribution >= 4 is 11.8 Å². The molecule has 18 nitrogen and oxygen atoms in total. The van der Waals surface area contributed by atoms with Crippen molar-refractivity contribution in [3.8, 4) is 0 Å². The number of carbonyl (C=O) groups excluding carboxylic acids is 2. The minimum Gasteiger partial charge on any atom is -0.394 e. The van der Waals surface area contributed by atoms with E-state index < -0.39 is 104 Å². The molecule has 2 fully saturated rings. The first-order valence-corrected chi connectivity index (χ1v) is 28.2. The summed E-state index contributed by atoms with van der Waals surface area (Å²) in [5.41, 5.74) is 4.08. The number of ether oxygens (including phenoxy) is 6. The predicted octanol–water partition coefficient (Wildman–Crippen LogP) is 4.73. The summed E-state index contributed by atoms with van der Waals surface area (Å²) in [6, 6.07) is 38.5. The number of carbonyl (C=O) groups is 2. The lowest BCUT2D eigenvalue weighted by Gasteiger charge is -2.46. The Labute approximate surface area is 471 Å². The van der Waals surface area contributed by atoms with Crippen LogP contribution >= 0.6 is 0 Å². The van der Waals surface area contributed by atoms with Gasteiger partial charge >= 0.3 is 0 Å². The summed E-state index contributed by atoms with van der Waals surface area (Å²) in [6.07, 6.45) is -6.75. The van der Waals surface area contributed by atoms with Crippen LogP contribution in [0.2, 0.25) is 0 Å². The number of nitrogens with one attached hydrogen (secondary N) is 2. The van der Waals surface area contributed by atoms with Gasteiger partial charge in [0.05, 0.1) is 82.2 Å². The van der Waals surface area contributed by atoms with Crippen molar-refractivity contribution in [3.63, 3.8) is 0 Å². The second-order valence-corrected chi connectivity index (χ2v) is 20.4. The van der Waals surface area contributed by atoms with Crippen LogP contribution in [0.4, 0.5) is 0 Å². The van der Waals surface area contributed by atoms with Crippen LogP contribution in [0.25, 0.3) is 0 Å². The van der Waals surface area contributed by atoms with Crippen LogP contribution in [0.3, 0.4) is 0 Å². The normalized spacial score (nSPS) is 25.3. The lowest BCUT2D eigenvalue weighted by Crippen LogP contribution is -2.61. The van der Waals surface area contributed by atoms with E-state index in [0.29, 0.717) is 58.5 Å². The summed E-state index contributed by atoms with van der Waals surface area (Å²) in [6.45, 7) is 8.06. The molecule has 4 unspecified atom stereocenters. The van der Waals surface area contributed by atoms with Gasteiger partial charge in [0, 0.05) is 12.8 Å². The van der Waals surface area contributed by atoms with Crippen molar-refractivity contribution in [1.29, 1.82) is 0 Å². The van der Waals surface area contributed by atoms with E-state index in [1.165, 1.54) is 0 Å². The summed E-state index contributed by atoms with van der Waals surface area (Å²) in [5.74, 6) is -0.474. The lowest BCUT2D eigenvalue weighted by atomic mass is 9.91. The zero-order chi connectivity index (χ0) is 57.8. The van der Waals surface area contributed by atoms with Gasteiger partial charge in [-0.3, -0.25) is 9.59 Å². The van der Waals surface area contributed by atoms with Crippen LogP contribution in [0, 0.1) is 0 Å². The van der Waals surface area contributed by atoms with Crippen molar-refractivity contribution in [1.82, 2.24) is 10.6 Å². The fraction of sp³-hybridized carbons (Fsp3) is 0.548. The topological polar surface area (TPSA) is 275 Å². The average Bonchev–Trinajstić information content (AvgIpc) is 3.56. The Hall–Kier alpha value is -5.00. The number of aliphatic hydroxyl groups excluding tert-OH is 8. The van der Waals surface area contributed by atoms with Gasteiger partial charge in [0.15, 0.2) is 0 Å². The third-order valence-electron chi connectivity index (χ3n) is 14.4. The Kier molecular flexibility index (Phi) is 29.4. The van der Waals surface area contributed by atoms with E-state index in [0.717, 1.165) is 22.3 Å². The predicted molar refractivity (Wildman–Crippen MR) is 300 cm³/mol. The molecule has 2 heterocycles. The number of benzene rings is 4. The van der Waals surface area contributed by atoms with E-state index >= 15 is 0 Å². The Bertz CT molecular complexity index is 2320. The average molecular weight is 1120 g/mol. The molecule has 4 aromatic rings. The van der Waals surface area contributed by atoms with Crippen molar-refractivity contribution in [2.75, 3.05) is 13.2 Å². The fourth-order valence-electron chi connectivity index (χ4n) is 9.55. The Morgan fingerprint density at radius 3 is 1.48 bits per heavy atom. The summed E-state index contributed by atoms with van der Waals surface area (Å²) in [7, 11) is 0. The largest absolute Gasteiger partial charge is 0.394 e. The maximum Gasteiger partial charge on any atom is 0.220 e. The number of rotatable bonds is 31. The molecule has 10 N–H and O–H groups in total. The molecule has 0 spiro atoms. The maximum atomic E-state index is 12.4. The van der Waals surface area contributed by atoms with E-state index in [2.05, 4.69) is 10.6 Å². The van der Waals surface area contributed by atoms with E-state index in [1.807, 2.05) is 127 Å². The summed E-state index contributed by atoms with van der Waals surface area (Å²) in [5, 5.41) is 85.8. The third kappa shape index (κ3) is 21.1. The number of amides is 2. The van der Waals surface area contributed by atoms with Gasteiger partial charge in [-0.2, -0.15) is 0 Å². The van der Waals surface area contributed by atoms with Crippen molar-refractivity contribution in [3.05, 3.63) is 156 Å². The number of aliphatic hydroxyl groups is 8. The minimum atomic E-state index is -1.42. The van der Waals surface area contributed by atoms with Crippen molar-refractivity contribution < 1.29 is 78.9 Å². The van der Waals surface area contributed by atoms with E-state index in [-0.39, 0.29) is 37.7 Å². The van der Waals surface area contributed by atoms with Crippen LogP contribution in [0.1, 0.15) is 101 Å². The SMILES string of the molecule is CCC(=O)N[C@@H](/C=C/C[C@H]1OC(COCc2ccccc2)[C@H](OCc2ccccc2)[C@@H](OCc2ccccc2)C1OCc1ccccc1)[C@H](O)[C@H](O)CC.CCC(=O)N[C@@H](CCC[C@H]1OC(CO)[C@H](O)[C@H](O)C1O)[C@H](O)[C@H](O)CC. The molecule has 16 atom stereocenters. The summed E-state index contributed by atoms with van der Waals surface area (Å²) >= 11 is 0. The highest BCUT2D eigenvalue weighted by molar-refractivity contribution is 5.76. The quantitative estimate of drug-likeness (QED) is 0.0305. The molecule has 0 aliphatic carbocycles. The van der Waals surface area contributed by atoms with Crippen LogP contribution in [0.5, 0.6) is 0 Å². The zero-order valence-corrected chi connectivity index (χ0v) is 46.7. The van der Waals surface area contributed by atoms with Gasteiger partial charge in [0.25, 0.3) is 0 Å². The first-order chi connectivity index (χ1) is 38.7. The molecule has 0 bridgehead atoms. The summed E-state index contributed by atoms with van der Waals surface area (Å²) < 4.78 is 39.0. The molecule has 0 radical (unpaired) electrons. The van der Waals surface area contributed by atoms with Gasteiger partial charge in [-0.25, -0.2) is 0 Å². The number of hydrogen-bond acceptors (Lipinski definition) is 16. The van der Waals surface area contributed by atoms with E-state index in [1.54, 1.807) is 33.8 Å². The smallest absolute Gasteiger partial charge is 0.220 e. The highest BCUT2D eigenvalue weighted by atomic mass is 16.6. The van der Waals surface area contributed by atoms with Crippen molar-refractivity contribution in [2.24, 2.45) is 0 Å². The summed E-state index contributed by atoms with van der Waals surface area (Å²) in [4.78, 5) is 24.1. The second kappa shape index (κ2) is 35.8. The third-order valence-corrected chi connectivity index (χ3v) is 14.4. The van der Waals surface area contributed by atoms with E-state index in [4.69, 9.17) is 28.4 Å².